The summed E-state index contributed by atoms with van der Waals surface area (Å²) in [6.07, 6.45) is 3.67. The van der Waals surface area contributed by atoms with Crippen molar-refractivity contribution in [3.05, 3.63) is 66.1 Å². The Bertz CT molecular complexity index is 1500. The number of H-pyrrole nitrogens is 1. The largest absolute Gasteiger partial charge is 0.480 e. The number of aromatic nitrogens is 1. The van der Waals surface area contributed by atoms with Gasteiger partial charge in [-0.25, -0.2) is 17.6 Å². The van der Waals surface area contributed by atoms with E-state index in [0.29, 0.717) is 19.4 Å². The van der Waals surface area contributed by atoms with Crippen LogP contribution in [0.1, 0.15) is 37.7 Å². The third-order valence-electron chi connectivity index (χ3n) is 7.57. The average Bonchev–Trinajstić information content (AvgIpc) is 3.39. The molecule has 0 radical (unpaired) electrons. The fourth-order valence-corrected chi connectivity index (χ4v) is 6.63. The summed E-state index contributed by atoms with van der Waals surface area (Å²) in [5.41, 5.74) is 7.16. The van der Waals surface area contributed by atoms with Crippen LogP contribution >= 0.6 is 0 Å². The Kier molecular flexibility index (Phi) is 10.3. The first kappa shape index (κ1) is 31.1. The van der Waals surface area contributed by atoms with E-state index in [1.165, 1.54) is 16.4 Å². The molecule has 1 fully saturated rings. The van der Waals surface area contributed by atoms with Crippen LogP contribution in [0.25, 0.3) is 10.9 Å². The smallest absolute Gasteiger partial charge is 0.326 e. The SMILES string of the molecule is NCCCCC(NC(=O)C(Cc1c[nH]c2ccccc12)NC(=O)C1CCN(S(=O)(=O)c2ccc(F)cc2)CC1)C(=O)O. The zero-order valence-corrected chi connectivity index (χ0v) is 23.9. The highest BCUT2D eigenvalue weighted by Gasteiger charge is 2.34. The van der Waals surface area contributed by atoms with Crippen LogP contribution in [0.5, 0.6) is 0 Å². The van der Waals surface area contributed by atoms with E-state index in [1.54, 1.807) is 6.20 Å². The van der Waals surface area contributed by atoms with Crippen molar-refractivity contribution in [2.45, 2.75) is 55.5 Å². The van der Waals surface area contributed by atoms with Gasteiger partial charge in [-0.15, -0.1) is 0 Å². The highest BCUT2D eigenvalue weighted by Crippen LogP contribution is 2.25. The van der Waals surface area contributed by atoms with Gasteiger partial charge in [0.15, 0.2) is 0 Å². The minimum absolute atomic E-state index is 0.0262. The number of nitrogens with one attached hydrogen (secondary N) is 3. The molecule has 226 valence electrons. The topological polar surface area (TPSA) is 175 Å². The Morgan fingerprint density at radius 1 is 1.02 bits per heavy atom. The number of benzene rings is 2. The number of piperidine rings is 1. The summed E-state index contributed by atoms with van der Waals surface area (Å²) in [5.74, 6) is -3.30. The molecule has 1 saturated heterocycles. The average molecular weight is 602 g/mol. The fourth-order valence-electron chi connectivity index (χ4n) is 5.16. The number of aliphatic carboxylic acids is 1. The number of hydrogen-bond acceptors (Lipinski definition) is 6. The highest BCUT2D eigenvalue weighted by molar-refractivity contribution is 7.89. The van der Waals surface area contributed by atoms with Gasteiger partial charge >= 0.3 is 5.97 Å². The number of nitrogens with zero attached hydrogens (tertiary/aromatic N) is 1. The number of nitrogens with two attached hydrogens (primary N) is 1. The van der Waals surface area contributed by atoms with Crippen molar-refractivity contribution in [2.75, 3.05) is 19.6 Å². The van der Waals surface area contributed by atoms with Gasteiger partial charge in [-0.1, -0.05) is 18.2 Å². The molecule has 2 heterocycles. The number of sulfonamides is 1. The van der Waals surface area contributed by atoms with E-state index in [4.69, 9.17) is 5.73 Å². The second kappa shape index (κ2) is 13.9. The van der Waals surface area contributed by atoms with E-state index in [9.17, 15) is 32.3 Å². The van der Waals surface area contributed by atoms with Crippen molar-refractivity contribution >= 4 is 38.7 Å². The van der Waals surface area contributed by atoms with E-state index >= 15 is 0 Å². The summed E-state index contributed by atoms with van der Waals surface area (Å²) in [5, 5.41) is 15.9. The molecule has 0 aliphatic carbocycles. The van der Waals surface area contributed by atoms with Gasteiger partial charge in [0.1, 0.15) is 17.9 Å². The first-order valence-electron chi connectivity index (χ1n) is 13.9. The first-order chi connectivity index (χ1) is 20.1. The lowest BCUT2D eigenvalue weighted by molar-refractivity contribution is -0.142. The molecule has 0 saturated carbocycles. The number of para-hydroxylation sites is 1. The van der Waals surface area contributed by atoms with Gasteiger partial charge in [-0.05, 0) is 74.5 Å². The Morgan fingerprint density at radius 2 is 1.71 bits per heavy atom. The Balaban J connectivity index is 1.46. The summed E-state index contributed by atoms with van der Waals surface area (Å²) in [6.45, 7) is 0.572. The molecule has 2 unspecified atom stereocenters. The number of carboxylic acid groups (broad SMARTS) is 1. The molecule has 13 heteroatoms. The Hall–Kier alpha value is -3.81. The Labute approximate surface area is 243 Å². The molecule has 1 aliphatic heterocycles. The minimum atomic E-state index is -3.85. The molecule has 6 N–H and O–H groups in total. The monoisotopic (exact) mass is 601 g/mol. The number of amides is 2. The van der Waals surface area contributed by atoms with Crippen LogP contribution in [0.15, 0.2) is 59.6 Å². The lowest BCUT2D eigenvalue weighted by Gasteiger charge is -2.31. The second-order valence-corrected chi connectivity index (χ2v) is 12.4. The molecular weight excluding hydrogens is 565 g/mol. The lowest BCUT2D eigenvalue weighted by Crippen LogP contribution is -2.54. The number of aromatic amines is 1. The normalized spacial score (nSPS) is 16.1. The van der Waals surface area contributed by atoms with Crippen molar-refractivity contribution in [1.82, 2.24) is 19.9 Å². The van der Waals surface area contributed by atoms with E-state index < -0.39 is 51.6 Å². The number of carbonyl (C=O) groups is 3. The van der Waals surface area contributed by atoms with Gasteiger partial charge in [0.05, 0.1) is 4.90 Å². The van der Waals surface area contributed by atoms with E-state index in [2.05, 4.69) is 15.6 Å². The molecule has 2 atom stereocenters. The summed E-state index contributed by atoms with van der Waals surface area (Å²) in [7, 11) is -3.85. The molecule has 2 aromatic carbocycles. The van der Waals surface area contributed by atoms with Crippen LogP contribution in [0, 0.1) is 11.7 Å². The number of halogens is 1. The first-order valence-corrected chi connectivity index (χ1v) is 15.4. The number of hydrogen-bond donors (Lipinski definition) is 5. The summed E-state index contributed by atoms with van der Waals surface area (Å²) in [4.78, 5) is 41.7. The van der Waals surface area contributed by atoms with Crippen LogP contribution in [0.4, 0.5) is 4.39 Å². The van der Waals surface area contributed by atoms with Gasteiger partial charge in [0, 0.05) is 42.5 Å². The van der Waals surface area contributed by atoms with Crippen molar-refractivity contribution in [2.24, 2.45) is 11.7 Å². The van der Waals surface area contributed by atoms with E-state index in [-0.39, 0.29) is 43.7 Å². The molecule has 1 aliphatic rings. The van der Waals surface area contributed by atoms with Crippen LogP contribution in [-0.4, -0.2) is 72.3 Å². The highest BCUT2D eigenvalue weighted by atomic mass is 32.2. The lowest BCUT2D eigenvalue weighted by atomic mass is 9.96. The van der Waals surface area contributed by atoms with Gasteiger partial charge in [0.25, 0.3) is 0 Å². The molecule has 0 spiro atoms. The molecular formula is C29H36FN5O6S. The molecule has 1 aromatic heterocycles. The van der Waals surface area contributed by atoms with Crippen LogP contribution in [-0.2, 0) is 30.8 Å². The second-order valence-electron chi connectivity index (χ2n) is 10.4. The van der Waals surface area contributed by atoms with Crippen molar-refractivity contribution in [3.63, 3.8) is 0 Å². The summed E-state index contributed by atoms with van der Waals surface area (Å²) in [6, 6.07) is 9.89. The minimum Gasteiger partial charge on any atom is -0.480 e. The summed E-state index contributed by atoms with van der Waals surface area (Å²) >= 11 is 0. The predicted molar refractivity (Wildman–Crippen MR) is 154 cm³/mol. The molecule has 4 rings (SSSR count). The van der Waals surface area contributed by atoms with Crippen LogP contribution < -0.4 is 16.4 Å². The fraction of sp³-hybridized carbons (Fsp3) is 0.414. The maximum atomic E-state index is 13.4. The maximum absolute atomic E-state index is 13.4. The molecule has 2 amide bonds. The van der Waals surface area contributed by atoms with Crippen LogP contribution in [0.3, 0.4) is 0 Å². The summed E-state index contributed by atoms with van der Waals surface area (Å²) < 4.78 is 40.5. The van der Waals surface area contributed by atoms with E-state index in [0.717, 1.165) is 28.6 Å². The zero-order chi connectivity index (χ0) is 30.3. The number of fused-ring (bicyclic) bond motifs is 1. The Morgan fingerprint density at radius 3 is 2.38 bits per heavy atom. The third-order valence-corrected chi connectivity index (χ3v) is 9.48. The van der Waals surface area contributed by atoms with Gasteiger partial charge in [-0.3, -0.25) is 9.59 Å². The van der Waals surface area contributed by atoms with Crippen LogP contribution in [0.2, 0.25) is 0 Å². The molecule has 0 bridgehead atoms. The molecule has 42 heavy (non-hydrogen) atoms. The number of rotatable bonds is 13. The van der Waals surface area contributed by atoms with Gasteiger partial charge in [-0.2, -0.15) is 4.31 Å². The van der Waals surface area contributed by atoms with E-state index in [1.807, 2.05) is 24.3 Å². The predicted octanol–water partition coefficient (Wildman–Crippen LogP) is 2.13. The number of unbranched alkanes of at least 4 members (excludes halogenated alkanes) is 1. The zero-order valence-electron chi connectivity index (χ0n) is 23.1. The molecule has 11 nitrogen and oxygen atoms in total. The number of carboxylic acids is 1. The maximum Gasteiger partial charge on any atom is 0.326 e. The standard InChI is InChI=1S/C29H36FN5O6S/c30-21-8-10-22(11-9-21)42(40,41)35-15-12-19(13-16-35)27(36)34-26(17-20-18-32-24-6-2-1-5-23(20)24)28(37)33-25(29(38)39)7-3-4-14-31/h1-2,5-6,8-11,18-19,25-26,32H,3-4,7,12-17,31H2,(H,33,37)(H,34,36)(H,38,39). The van der Waals surface area contributed by atoms with Gasteiger partial charge < -0.3 is 26.5 Å². The number of carbonyl (C=O) groups excluding carboxylic acids is 2. The third kappa shape index (κ3) is 7.52. The van der Waals surface area contributed by atoms with Crippen molar-refractivity contribution in [3.8, 4) is 0 Å². The van der Waals surface area contributed by atoms with Gasteiger partial charge in [0.2, 0.25) is 21.8 Å². The molecule has 3 aromatic rings. The quantitative estimate of drug-likeness (QED) is 0.187. The van der Waals surface area contributed by atoms with Crippen molar-refractivity contribution in [1.29, 1.82) is 0 Å². The van der Waals surface area contributed by atoms with Crippen molar-refractivity contribution < 1.29 is 32.3 Å².